The molecule has 0 saturated heterocycles. The van der Waals surface area contributed by atoms with Gasteiger partial charge in [-0.1, -0.05) is 36.7 Å². The minimum Gasteiger partial charge on any atom is -0.451 e. The fourth-order valence-corrected chi connectivity index (χ4v) is 2.88. The van der Waals surface area contributed by atoms with Crippen molar-refractivity contribution < 1.29 is 18.7 Å². The largest absolute Gasteiger partial charge is 0.451 e. The summed E-state index contributed by atoms with van der Waals surface area (Å²) in [6.45, 7) is 1.56. The molecule has 0 unspecified atom stereocenters. The number of anilines is 1. The Morgan fingerprint density at radius 3 is 2.62 bits per heavy atom. The molecule has 0 radical (unpaired) electrons. The van der Waals surface area contributed by atoms with E-state index in [-0.39, 0.29) is 22.0 Å². The minimum absolute atomic E-state index is 0.0703. The van der Waals surface area contributed by atoms with Crippen LogP contribution < -0.4 is 10.9 Å². The number of benzene rings is 2. The van der Waals surface area contributed by atoms with Crippen LogP contribution in [0.25, 0.3) is 10.8 Å². The molecule has 150 valence electrons. The van der Waals surface area contributed by atoms with Crippen LogP contribution in [-0.2, 0) is 16.1 Å². The molecule has 0 aliphatic rings. The van der Waals surface area contributed by atoms with Crippen molar-refractivity contribution in [2.75, 3.05) is 11.9 Å². The maximum absolute atomic E-state index is 13.8. The zero-order valence-electron chi connectivity index (χ0n) is 15.4. The molecule has 0 aliphatic heterocycles. The second-order valence-electron chi connectivity index (χ2n) is 6.17. The van der Waals surface area contributed by atoms with Crippen LogP contribution in [0.1, 0.15) is 23.8 Å². The van der Waals surface area contributed by atoms with Gasteiger partial charge in [-0.25, -0.2) is 13.9 Å². The molecule has 0 bridgehead atoms. The van der Waals surface area contributed by atoms with E-state index in [1.54, 1.807) is 24.3 Å². The van der Waals surface area contributed by atoms with E-state index in [1.807, 2.05) is 6.92 Å². The molecule has 3 aromatic rings. The zero-order valence-corrected chi connectivity index (χ0v) is 16.2. The van der Waals surface area contributed by atoms with Gasteiger partial charge in [-0.15, -0.1) is 0 Å². The Labute approximate surface area is 170 Å². The first kappa shape index (κ1) is 20.5. The van der Waals surface area contributed by atoms with Crippen LogP contribution >= 0.6 is 11.6 Å². The number of aryl methyl sites for hydroxylation is 1. The maximum Gasteiger partial charge on any atom is 0.359 e. The smallest absolute Gasteiger partial charge is 0.359 e. The molecular weight excluding hydrogens is 401 g/mol. The van der Waals surface area contributed by atoms with Crippen molar-refractivity contribution in [3.8, 4) is 0 Å². The molecule has 0 aliphatic carbocycles. The van der Waals surface area contributed by atoms with Gasteiger partial charge in [-0.2, -0.15) is 5.10 Å². The molecule has 29 heavy (non-hydrogen) atoms. The number of esters is 1. The lowest BCUT2D eigenvalue weighted by atomic mass is 10.1. The van der Waals surface area contributed by atoms with E-state index >= 15 is 0 Å². The van der Waals surface area contributed by atoms with E-state index in [9.17, 15) is 18.8 Å². The fraction of sp³-hybridized carbons (Fsp3) is 0.200. The number of nitrogens with zero attached hydrogens (tertiary/aromatic N) is 2. The van der Waals surface area contributed by atoms with Gasteiger partial charge in [-0.3, -0.25) is 9.59 Å². The zero-order chi connectivity index (χ0) is 21.0. The highest BCUT2D eigenvalue weighted by Gasteiger charge is 2.19. The molecule has 0 fully saturated rings. The van der Waals surface area contributed by atoms with Crippen molar-refractivity contribution in [2.45, 2.75) is 19.9 Å². The van der Waals surface area contributed by atoms with E-state index in [0.717, 1.165) is 6.07 Å². The molecule has 3 rings (SSSR count). The fourth-order valence-electron chi connectivity index (χ4n) is 2.73. The number of hydrogen-bond acceptors (Lipinski definition) is 5. The summed E-state index contributed by atoms with van der Waals surface area (Å²) in [6, 6.07) is 10.3. The summed E-state index contributed by atoms with van der Waals surface area (Å²) < 4.78 is 20.0. The van der Waals surface area contributed by atoms with Gasteiger partial charge in [0.05, 0.1) is 11.1 Å². The molecule has 1 aromatic heterocycles. The summed E-state index contributed by atoms with van der Waals surface area (Å²) in [5, 5.41) is 7.24. The van der Waals surface area contributed by atoms with Crippen molar-refractivity contribution >= 4 is 39.9 Å². The predicted molar refractivity (Wildman–Crippen MR) is 107 cm³/mol. The van der Waals surface area contributed by atoms with E-state index < -0.39 is 24.3 Å². The van der Waals surface area contributed by atoms with E-state index in [1.165, 1.54) is 16.8 Å². The highest BCUT2D eigenvalue weighted by Crippen LogP contribution is 2.19. The monoisotopic (exact) mass is 417 g/mol. The number of hydrogen-bond donors (Lipinski definition) is 1. The van der Waals surface area contributed by atoms with Crippen LogP contribution in [0.2, 0.25) is 5.02 Å². The summed E-state index contributed by atoms with van der Waals surface area (Å²) in [5.41, 5.74) is -0.468. The van der Waals surface area contributed by atoms with Gasteiger partial charge in [0.25, 0.3) is 11.5 Å². The summed E-state index contributed by atoms with van der Waals surface area (Å²) >= 11 is 5.66. The van der Waals surface area contributed by atoms with E-state index in [2.05, 4.69) is 10.4 Å². The van der Waals surface area contributed by atoms with Crippen molar-refractivity contribution in [3.63, 3.8) is 0 Å². The molecule has 9 heteroatoms. The molecule has 1 amide bonds. The molecule has 0 atom stereocenters. The van der Waals surface area contributed by atoms with E-state index in [4.69, 9.17) is 16.3 Å². The molecule has 0 spiro atoms. The van der Waals surface area contributed by atoms with Crippen LogP contribution in [0.15, 0.2) is 47.3 Å². The predicted octanol–water partition coefficient (Wildman–Crippen LogP) is 3.39. The van der Waals surface area contributed by atoms with Gasteiger partial charge >= 0.3 is 5.97 Å². The topological polar surface area (TPSA) is 90.3 Å². The maximum atomic E-state index is 13.8. The average Bonchev–Trinajstić information content (AvgIpc) is 2.70. The number of aromatic nitrogens is 2. The Morgan fingerprint density at radius 2 is 1.93 bits per heavy atom. The third kappa shape index (κ3) is 4.60. The van der Waals surface area contributed by atoms with Crippen molar-refractivity contribution in [2.24, 2.45) is 0 Å². The highest BCUT2D eigenvalue weighted by molar-refractivity contribution is 6.30. The first-order valence-corrected chi connectivity index (χ1v) is 9.20. The first-order valence-electron chi connectivity index (χ1n) is 8.82. The number of ether oxygens (including phenoxy) is 1. The van der Waals surface area contributed by atoms with Gasteiger partial charge in [-0.05, 0) is 30.7 Å². The van der Waals surface area contributed by atoms with Gasteiger partial charge < -0.3 is 10.1 Å². The summed E-state index contributed by atoms with van der Waals surface area (Å²) in [4.78, 5) is 37.0. The lowest BCUT2D eigenvalue weighted by Crippen LogP contribution is -2.27. The standard InChI is InChI=1S/C20H17ClFN3O4/c1-2-9-25-19(27)14-6-4-3-5-13(14)18(24-25)20(28)29-11-17(26)23-16-8-7-12(21)10-15(16)22/h3-8,10H,2,9,11H2,1H3,(H,23,26). The molecule has 2 aromatic carbocycles. The van der Waals surface area contributed by atoms with Crippen molar-refractivity contribution in [1.82, 2.24) is 9.78 Å². The van der Waals surface area contributed by atoms with Gasteiger partial charge in [0.15, 0.2) is 12.3 Å². The summed E-state index contributed by atoms with van der Waals surface area (Å²) in [7, 11) is 0. The second-order valence-corrected chi connectivity index (χ2v) is 6.61. The number of halogens is 2. The van der Waals surface area contributed by atoms with Crippen LogP contribution in [-0.4, -0.2) is 28.3 Å². The number of carbonyl (C=O) groups is 2. The van der Waals surface area contributed by atoms with Crippen molar-refractivity contribution in [3.05, 3.63) is 69.4 Å². The SMILES string of the molecule is CCCn1nc(C(=O)OCC(=O)Nc2ccc(Cl)cc2F)c2ccccc2c1=O. The number of carbonyl (C=O) groups excluding carboxylic acids is 2. The van der Waals surface area contributed by atoms with Crippen LogP contribution in [0.5, 0.6) is 0 Å². The average molecular weight is 418 g/mol. The normalized spacial score (nSPS) is 10.7. The van der Waals surface area contributed by atoms with E-state index in [0.29, 0.717) is 23.7 Å². The Bertz CT molecular complexity index is 1150. The Balaban J connectivity index is 1.78. The molecule has 0 saturated carbocycles. The van der Waals surface area contributed by atoms with Gasteiger partial charge in [0.1, 0.15) is 5.82 Å². The van der Waals surface area contributed by atoms with Crippen LogP contribution in [0, 0.1) is 5.82 Å². The number of nitrogens with one attached hydrogen (secondary N) is 1. The summed E-state index contributed by atoms with van der Waals surface area (Å²) in [6.07, 6.45) is 0.648. The Hall–Kier alpha value is -3.26. The Morgan fingerprint density at radius 1 is 1.21 bits per heavy atom. The third-order valence-corrected chi connectivity index (χ3v) is 4.27. The summed E-state index contributed by atoms with van der Waals surface area (Å²) in [5.74, 6) is -2.31. The highest BCUT2D eigenvalue weighted by atomic mass is 35.5. The first-order chi connectivity index (χ1) is 13.9. The molecular formula is C20H17ClFN3O4. The lowest BCUT2D eigenvalue weighted by molar-refractivity contribution is -0.119. The number of rotatable bonds is 6. The molecule has 1 heterocycles. The molecule has 1 N–H and O–H groups in total. The second kappa shape index (κ2) is 8.83. The third-order valence-electron chi connectivity index (χ3n) is 4.04. The van der Waals surface area contributed by atoms with Gasteiger partial charge in [0.2, 0.25) is 0 Å². The number of amides is 1. The quantitative estimate of drug-likeness (QED) is 0.621. The lowest BCUT2D eigenvalue weighted by Gasteiger charge is -2.11. The number of fused-ring (bicyclic) bond motifs is 1. The van der Waals surface area contributed by atoms with Crippen LogP contribution in [0.4, 0.5) is 10.1 Å². The van der Waals surface area contributed by atoms with Gasteiger partial charge in [0, 0.05) is 17.0 Å². The Kier molecular flexibility index (Phi) is 6.23. The van der Waals surface area contributed by atoms with Crippen molar-refractivity contribution in [1.29, 1.82) is 0 Å². The van der Waals surface area contributed by atoms with Crippen LogP contribution in [0.3, 0.4) is 0 Å². The molecule has 7 nitrogen and oxygen atoms in total. The minimum atomic E-state index is -0.863.